The Kier molecular flexibility index (Phi) is 5.94. The number of benzene rings is 3. The van der Waals surface area contributed by atoms with Crippen LogP contribution in [-0.2, 0) is 6.54 Å². The van der Waals surface area contributed by atoms with Crippen molar-refractivity contribution in [2.45, 2.75) is 12.5 Å². The fraction of sp³-hybridized carbons (Fsp3) is 0.192. The smallest absolute Gasteiger partial charge is 0.159 e. The van der Waals surface area contributed by atoms with E-state index in [-0.39, 0.29) is 5.92 Å². The van der Waals surface area contributed by atoms with E-state index in [1.807, 2.05) is 55.6 Å². The largest absolute Gasteiger partial charge is 0.497 e. The summed E-state index contributed by atoms with van der Waals surface area (Å²) in [6.45, 7) is 1.12. The molecule has 2 heterocycles. The van der Waals surface area contributed by atoms with Crippen LogP contribution in [0.4, 0.5) is 0 Å². The van der Waals surface area contributed by atoms with Gasteiger partial charge >= 0.3 is 0 Å². The number of nitrogens with zero attached hydrogens (tertiary/aromatic N) is 4. The van der Waals surface area contributed by atoms with Crippen LogP contribution in [0.15, 0.2) is 77.8 Å². The second-order valence-corrected chi connectivity index (χ2v) is 8.33. The molecule has 0 amide bonds. The normalized spacial score (nSPS) is 13.5. The lowest BCUT2D eigenvalue weighted by Crippen LogP contribution is -2.22. The highest BCUT2D eigenvalue weighted by atomic mass is 35.5. The minimum Gasteiger partial charge on any atom is -0.497 e. The first kappa shape index (κ1) is 21.4. The third kappa shape index (κ3) is 4.03. The summed E-state index contributed by atoms with van der Waals surface area (Å²) in [7, 11) is 3.62. The van der Waals surface area contributed by atoms with Gasteiger partial charge in [0.25, 0.3) is 0 Å². The predicted molar refractivity (Wildman–Crippen MR) is 131 cm³/mol. The molecular weight excluding hydrogens is 434 g/mol. The van der Waals surface area contributed by atoms with Crippen molar-refractivity contribution in [2.24, 2.45) is 4.99 Å². The molecular formula is C26H24ClN5O. The van der Waals surface area contributed by atoms with Gasteiger partial charge < -0.3 is 10.1 Å². The molecule has 7 heteroatoms. The highest BCUT2D eigenvalue weighted by molar-refractivity contribution is 6.31. The average Bonchev–Trinajstić information content (AvgIpc) is 3.19. The Morgan fingerprint density at radius 1 is 1.03 bits per heavy atom. The van der Waals surface area contributed by atoms with Gasteiger partial charge in [-0.1, -0.05) is 54.1 Å². The van der Waals surface area contributed by atoms with E-state index in [1.54, 1.807) is 7.11 Å². The van der Waals surface area contributed by atoms with Crippen molar-refractivity contribution in [2.75, 3.05) is 20.7 Å². The number of methoxy groups -OCH3 is 1. The zero-order chi connectivity index (χ0) is 22.8. The van der Waals surface area contributed by atoms with E-state index >= 15 is 0 Å². The molecule has 0 aliphatic carbocycles. The first-order chi connectivity index (χ1) is 16.2. The van der Waals surface area contributed by atoms with Gasteiger partial charge in [-0.15, -0.1) is 10.2 Å². The second-order valence-electron chi connectivity index (χ2n) is 7.89. The number of halogens is 1. The zero-order valence-electron chi connectivity index (χ0n) is 18.5. The minimum absolute atomic E-state index is 0.0341. The summed E-state index contributed by atoms with van der Waals surface area (Å²) in [5.74, 6) is 2.42. The lowest BCUT2D eigenvalue weighted by molar-refractivity contribution is 0.414. The number of hydrogen-bond acceptors (Lipinski definition) is 5. The van der Waals surface area contributed by atoms with E-state index < -0.39 is 0 Å². The van der Waals surface area contributed by atoms with Gasteiger partial charge in [-0.25, -0.2) is 0 Å². The van der Waals surface area contributed by atoms with Crippen molar-refractivity contribution in [3.05, 3.63) is 106 Å². The summed E-state index contributed by atoms with van der Waals surface area (Å²) in [5, 5.41) is 13.2. The average molecular weight is 458 g/mol. The summed E-state index contributed by atoms with van der Waals surface area (Å²) in [4.78, 5) is 4.94. The number of ether oxygens (including phenoxy) is 1. The molecule has 1 aliphatic heterocycles. The fourth-order valence-electron chi connectivity index (χ4n) is 4.31. The van der Waals surface area contributed by atoms with Crippen LogP contribution in [0.2, 0.25) is 5.02 Å². The number of hydrogen-bond donors (Lipinski definition) is 1. The second kappa shape index (κ2) is 9.17. The predicted octanol–water partition coefficient (Wildman–Crippen LogP) is 4.63. The number of rotatable bonds is 6. The molecule has 0 saturated heterocycles. The Morgan fingerprint density at radius 2 is 1.88 bits per heavy atom. The Bertz CT molecular complexity index is 1320. The maximum atomic E-state index is 6.45. The molecule has 0 saturated carbocycles. The molecule has 0 radical (unpaired) electrons. The number of aromatic nitrogens is 3. The fourth-order valence-corrected chi connectivity index (χ4v) is 4.48. The summed E-state index contributed by atoms with van der Waals surface area (Å²) >= 11 is 6.45. The lowest BCUT2D eigenvalue weighted by atomic mass is 9.96. The van der Waals surface area contributed by atoms with Crippen LogP contribution in [-0.4, -0.2) is 41.2 Å². The molecule has 5 rings (SSSR count). The molecule has 0 spiro atoms. The van der Waals surface area contributed by atoms with Crippen molar-refractivity contribution in [1.29, 1.82) is 0 Å². The molecule has 1 unspecified atom stereocenters. The summed E-state index contributed by atoms with van der Waals surface area (Å²) < 4.78 is 7.60. The number of nitrogens with one attached hydrogen (secondary N) is 1. The van der Waals surface area contributed by atoms with Crippen LogP contribution in [0.3, 0.4) is 0 Å². The van der Waals surface area contributed by atoms with E-state index in [2.05, 4.69) is 44.3 Å². The quantitative estimate of drug-likeness (QED) is 0.458. The van der Waals surface area contributed by atoms with Gasteiger partial charge in [-0.3, -0.25) is 9.56 Å². The highest BCUT2D eigenvalue weighted by Gasteiger charge is 2.28. The minimum atomic E-state index is -0.0341. The first-order valence-electron chi connectivity index (χ1n) is 10.8. The first-order valence-corrected chi connectivity index (χ1v) is 11.2. The highest BCUT2D eigenvalue weighted by Crippen LogP contribution is 2.33. The van der Waals surface area contributed by atoms with Crippen molar-refractivity contribution in [3.63, 3.8) is 0 Å². The molecule has 0 bridgehead atoms. The molecule has 1 aliphatic rings. The van der Waals surface area contributed by atoms with Crippen molar-refractivity contribution >= 4 is 17.3 Å². The molecule has 1 aromatic heterocycles. The third-order valence-electron chi connectivity index (χ3n) is 5.85. The van der Waals surface area contributed by atoms with Gasteiger partial charge in [0.2, 0.25) is 0 Å². The van der Waals surface area contributed by atoms with Gasteiger partial charge in [-0.2, -0.15) is 0 Å². The number of likely N-dealkylation sites (N-methyl/N-ethyl adjacent to an activating group) is 1. The Balaban J connectivity index is 1.69. The van der Waals surface area contributed by atoms with E-state index in [9.17, 15) is 0 Å². The van der Waals surface area contributed by atoms with E-state index in [1.165, 1.54) is 0 Å². The summed E-state index contributed by atoms with van der Waals surface area (Å²) in [6.07, 6.45) is 0. The van der Waals surface area contributed by atoms with E-state index in [0.29, 0.717) is 18.1 Å². The van der Waals surface area contributed by atoms with E-state index in [4.69, 9.17) is 21.3 Å². The van der Waals surface area contributed by atoms with Gasteiger partial charge in [0.15, 0.2) is 5.82 Å². The summed E-state index contributed by atoms with van der Waals surface area (Å²) in [6, 6.07) is 24.2. The van der Waals surface area contributed by atoms with Crippen LogP contribution in [0.25, 0.3) is 5.69 Å². The van der Waals surface area contributed by atoms with Crippen LogP contribution in [0, 0.1) is 0 Å². The lowest BCUT2D eigenvalue weighted by Gasteiger charge is -2.20. The molecule has 6 nitrogen and oxygen atoms in total. The standard InChI is InChI=1S/C26H24ClN5O/c1-28-15-22(18-9-6-10-20(13-18)33-2)26-31-30-24-16-29-25(17-7-4-3-5-8-17)21-14-19(27)11-12-23(21)32(24)26/h3-14,22,28H,15-16H2,1-2H3. The van der Waals surface area contributed by atoms with Crippen molar-refractivity contribution in [3.8, 4) is 11.4 Å². The molecule has 0 fully saturated rings. The Hall–Kier alpha value is -3.48. The Morgan fingerprint density at radius 3 is 2.67 bits per heavy atom. The van der Waals surface area contributed by atoms with Gasteiger partial charge in [0.1, 0.15) is 18.1 Å². The van der Waals surface area contributed by atoms with Gasteiger partial charge in [-0.05, 0) is 42.9 Å². The van der Waals surface area contributed by atoms with Crippen LogP contribution >= 0.6 is 11.6 Å². The third-order valence-corrected chi connectivity index (χ3v) is 6.09. The van der Waals surface area contributed by atoms with E-state index in [0.717, 1.165) is 45.5 Å². The van der Waals surface area contributed by atoms with Gasteiger partial charge in [0.05, 0.1) is 24.4 Å². The van der Waals surface area contributed by atoms with Crippen molar-refractivity contribution < 1.29 is 4.74 Å². The summed E-state index contributed by atoms with van der Waals surface area (Å²) in [5.41, 5.74) is 4.97. The number of aliphatic imine (C=N–C) groups is 1. The number of fused-ring (bicyclic) bond motifs is 3. The maximum Gasteiger partial charge on any atom is 0.159 e. The van der Waals surface area contributed by atoms with Crippen LogP contribution in [0.5, 0.6) is 5.75 Å². The molecule has 3 aromatic carbocycles. The SMILES string of the molecule is CNCC(c1cccc(OC)c1)c1nnc2n1-c1ccc(Cl)cc1C(c1ccccc1)=NC2. The molecule has 1 N–H and O–H groups in total. The molecule has 166 valence electrons. The zero-order valence-corrected chi connectivity index (χ0v) is 19.3. The van der Waals surface area contributed by atoms with Crippen LogP contribution < -0.4 is 10.1 Å². The molecule has 1 atom stereocenters. The maximum absolute atomic E-state index is 6.45. The molecule has 4 aromatic rings. The van der Waals surface area contributed by atoms with Crippen molar-refractivity contribution in [1.82, 2.24) is 20.1 Å². The monoisotopic (exact) mass is 457 g/mol. The van der Waals surface area contributed by atoms with Crippen LogP contribution in [0.1, 0.15) is 34.3 Å². The topological polar surface area (TPSA) is 64.3 Å². The Labute approximate surface area is 197 Å². The molecule has 33 heavy (non-hydrogen) atoms. The van der Waals surface area contributed by atoms with Gasteiger partial charge in [0, 0.05) is 22.7 Å².